The minimum absolute atomic E-state index is 0.114. The summed E-state index contributed by atoms with van der Waals surface area (Å²) in [5.74, 6) is -0.0354. The number of rotatable bonds is 8. The van der Waals surface area contributed by atoms with E-state index in [4.69, 9.17) is 9.47 Å². The summed E-state index contributed by atoms with van der Waals surface area (Å²) in [5.41, 5.74) is 2.67. The zero-order chi connectivity index (χ0) is 24.9. The first-order valence-corrected chi connectivity index (χ1v) is 12.4. The Hall–Kier alpha value is -3.40. The van der Waals surface area contributed by atoms with Gasteiger partial charge in [0.05, 0.1) is 19.8 Å². The summed E-state index contributed by atoms with van der Waals surface area (Å²) in [4.78, 5) is 34.1. The zero-order valence-corrected chi connectivity index (χ0v) is 20.3. The molecular formula is C27H32N4O5. The van der Waals surface area contributed by atoms with Crippen LogP contribution in [0.15, 0.2) is 54.7 Å². The predicted octanol–water partition coefficient (Wildman–Crippen LogP) is 2.35. The van der Waals surface area contributed by atoms with Gasteiger partial charge in [-0.3, -0.25) is 19.4 Å². The molecule has 0 bridgehead atoms. The maximum atomic E-state index is 12.6. The predicted molar refractivity (Wildman–Crippen MR) is 135 cm³/mol. The molecule has 0 unspecified atom stereocenters. The molecule has 2 N–H and O–H groups in total. The van der Waals surface area contributed by atoms with Gasteiger partial charge >= 0.3 is 5.97 Å². The summed E-state index contributed by atoms with van der Waals surface area (Å²) in [5, 5.41) is 11.0. The van der Waals surface area contributed by atoms with E-state index in [9.17, 15) is 14.7 Å². The van der Waals surface area contributed by atoms with Crippen LogP contribution in [0.3, 0.4) is 0 Å². The smallest absolute Gasteiger partial charge is 0.325 e. The van der Waals surface area contributed by atoms with E-state index in [1.807, 2.05) is 58.3 Å². The molecule has 0 aliphatic carbocycles. The van der Waals surface area contributed by atoms with Crippen LogP contribution in [0.4, 0.5) is 0 Å². The summed E-state index contributed by atoms with van der Waals surface area (Å²) >= 11 is 0. The molecule has 2 aromatic carbocycles. The number of carbonyl (C=O) groups excluding carboxylic acids is 1. The Labute approximate surface area is 210 Å². The summed E-state index contributed by atoms with van der Waals surface area (Å²) in [6, 6.07) is 14.9. The van der Waals surface area contributed by atoms with Gasteiger partial charge in [-0.1, -0.05) is 30.3 Å². The average molecular weight is 493 g/mol. The summed E-state index contributed by atoms with van der Waals surface area (Å²) in [6.07, 6.45) is 1.79. The van der Waals surface area contributed by atoms with E-state index in [0.717, 1.165) is 27.8 Å². The number of hydrogen-bond donors (Lipinski definition) is 2. The molecule has 0 saturated carbocycles. The zero-order valence-electron chi connectivity index (χ0n) is 20.3. The van der Waals surface area contributed by atoms with Crippen LogP contribution >= 0.6 is 0 Å². The number of H-pyrrole nitrogens is 1. The fraction of sp³-hybridized carbons (Fsp3) is 0.407. The van der Waals surface area contributed by atoms with Crippen LogP contribution in [-0.4, -0.2) is 95.7 Å². The molecule has 1 aromatic heterocycles. The third-order valence-electron chi connectivity index (χ3n) is 6.96. The molecule has 190 valence electrons. The van der Waals surface area contributed by atoms with Crippen LogP contribution in [0.5, 0.6) is 5.75 Å². The second kappa shape index (κ2) is 11.1. The topological polar surface area (TPSA) is 98.3 Å². The molecule has 36 heavy (non-hydrogen) atoms. The Balaban J connectivity index is 1.22. The monoisotopic (exact) mass is 492 g/mol. The molecule has 2 fully saturated rings. The number of piperazine rings is 1. The Bertz CT molecular complexity index is 1180. The lowest BCUT2D eigenvalue weighted by molar-refractivity contribution is -0.145. The van der Waals surface area contributed by atoms with Crippen LogP contribution in [-0.2, 0) is 20.9 Å². The average Bonchev–Trinajstić information content (AvgIpc) is 3.32. The van der Waals surface area contributed by atoms with Gasteiger partial charge in [0.1, 0.15) is 18.4 Å². The van der Waals surface area contributed by atoms with Crippen molar-refractivity contribution in [3.63, 3.8) is 0 Å². The van der Waals surface area contributed by atoms with Gasteiger partial charge in [0.25, 0.3) is 0 Å². The number of nitrogens with zero attached hydrogens (tertiary/aromatic N) is 3. The molecular weight excluding hydrogens is 460 g/mol. The second-order valence-corrected chi connectivity index (χ2v) is 9.27. The maximum Gasteiger partial charge on any atom is 0.325 e. The van der Waals surface area contributed by atoms with Crippen molar-refractivity contribution in [2.45, 2.75) is 12.6 Å². The van der Waals surface area contributed by atoms with E-state index >= 15 is 0 Å². The number of aromatic amines is 1. The summed E-state index contributed by atoms with van der Waals surface area (Å²) in [6.45, 7) is 5.76. The Kier molecular flexibility index (Phi) is 7.50. The number of amides is 1. The van der Waals surface area contributed by atoms with Crippen molar-refractivity contribution in [2.75, 3.05) is 59.0 Å². The molecule has 9 nitrogen and oxygen atoms in total. The van der Waals surface area contributed by atoms with Gasteiger partial charge in [-0.25, -0.2) is 0 Å². The standard InChI is InChI=1S/C27H32N4O5/c32-25(30-12-14-35-15-13-30)18-29-8-10-31(11-9-29)26(27(33)34)23-17-28-24-16-21(6-7-22(23)24)36-19-20-4-2-1-3-5-20/h1-7,16-17,26,28H,8-15,18-19H2,(H,33,34)/t26-/m1/s1. The number of benzene rings is 2. The third kappa shape index (κ3) is 5.53. The number of carbonyl (C=O) groups is 2. The van der Waals surface area contributed by atoms with E-state index < -0.39 is 12.0 Å². The van der Waals surface area contributed by atoms with Crippen molar-refractivity contribution in [3.05, 3.63) is 65.9 Å². The molecule has 1 atom stereocenters. The van der Waals surface area contributed by atoms with Crippen molar-refractivity contribution >= 4 is 22.8 Å². The molecule has 9 heteroatoms. The van der Waals surface area contributed by atoms with Crippen LogP contribution in [0.1, 0.15) is 17.2 Å². The van der Waals surface area contributed by atoms with Crippen LogP contribution < -0.4 is 4.74 Å². The number of hydrogen-bond acceptors (Lipinski definition) is 6. The fourth-order valence-electron chi connectivity index (χ4n) is 4.95. The summed E-state index contributed by atoms with van der Waals surface area (Å²) < 4.78 is 11.3. The van der Waals surface area contributed by atoms with Gasteiger partial charge in [-0.15, -0.1) is 0 Å². The molecule has 0 radical (unpaired) electrons. The van der Waals surface area contributed by atoms with Gasteiger partial charge in [0, 0.05) is 68.0 Å². The first-order chi connectivity index (χ1) is 17.6. The third-order valence-corrected chi connectivity index (χ3v) is 6.96. The van der Waals surface area contributed by atoms with Gasteiger partial charge in [0.15, 0.2) is 0 Å². The number of carboxylic acids is 1. The minimum Gasteiger partial charge on any atom is -0.489 e. The lowest BCUT2D eigenvalue weighted by Gasteiger charge is -2.38. The SMILES string of the molecule is O=C(O)[C@@H](c1c[nH]c2cc(OCc3ccccc3)ccc12)N1CCN(CC(=O)N2CCOCC2)CC1. The summed E-state index contributed by atoms with van der Waals surface area (Å²) in [7, 11) is 0. The minimum atomic E-state index is -0.877. The second-order valence-electron chi connectivity index (χ2n) is 9.27. The highest BCUT2D eigenvalue weighted by Crippen LogP contribution is 2.31. The number of ether oxygens (including phenoxy) is 2. The number of nitrogens with one attached hydrogen (secondary N) is 1. The molecule has 5 rings (SSSR count). The normalized spacial score (nSPS) is 18.3. The fourth-order valence-corrected chi connectivity index (χ4v) is 4.95. The molecule has 2 saturated heterocycles. The van der Waals surface area contributed by atoms with E-state index in [2.05, 4.69) is 9.88 Å². The van der Waals surface area contributed by atoms with Crippen molar-refractivity contribution in [2.24, 2.45) is 0 Å². The molecule has 3 aromatic rings. The number of morpholine rings is 1. The van der Waals surface area contributed by atoms with Crippen LogP contribution in [0, 0.1) is 0 Å². The Morgan fingerprint density at radius 2 is 1.75 bits per heavy atom. The van der Waals surface area contributed by atoms with Crippen LogP contribution in [0.25, 0.3) is 10.9 Å². The Morgan fingerprint density at radius 3 is 2.47 bits per heavy atom. The first kappa shape index (κ1) is 24.3. The lowest BCUT2D eigenvalue weighted by atomic mass is 10.0. The number of carboxylic acid groups (broad SMARTS) is 1. The van der Waals surface area contributed by atoms with Crippen LogP contribution in [0.2, 0.25) is 0 Å². The highest BCUT2D eigenvalue weighted by molar-refractivity contribution is 5.90. The highest BCUT2D eigenvalue weighted by atomic mass is 16.5. The Morgan fingerprint density at radius 1 is 1.00 bits per heavy atom. The lowest BCUT2D eigenvalue weighted by Crippen LogP contribution is -2.52. The number of aromatic nitrogens is 1. The van der Waals surface area contributed by atoms with Crippen molar-refractivity contribution < 1.29 is 24.2 Å². The molecule has 0 spiro atoms. The van der Waals surface area contributed by atoms with E-state index in [-0.39, 0.29) is 5.91 Å². The highest BCUT2D eigenvalue weighted by Gasteiger charge is 2.33. The van der Waals surface area contributed by atoms with Crippen molar-refractivity contribution in [3.8, 4) is 5.75 Å². The number of aliphatic carboxylic acids is 1. The number of fused-ring (bicyclic) bond motifs is 1. The molecule has 1 amide bonds. The first-order valence-electron chi connectivity index (χ1n) is 12.4. The quantitative estimate of drug-likeness (QED) is 0.498. The maximum absolute atomic E-state index is 12.6. The van der Waals surface area contributed by atoms with Crippen molar-refractivity contribution in [1.29, 1.82) is 0 Å². The largest absolute Gasteiger partial charge is 0.489 e. The molecule has 2 aliphatic rings. The molecule has 2 aliphatic heterocycles. The molecule has 3 heterocycles. The van der Waals surface area contributed by atoms with Gasteiger partial charge in [-0.2, -0.15) is 0 Å². The van der Waals surface area contributed by atoms with Gasteiger partial charge < -0.3 is 24.5 Å². The van der Waals surface area contributed by atoms with Gasteiger partial charge in [-0.05, 0) is 17.7 Å². The van der Waals surface area contributed by atoms with E-state index in [1.165, 1.54) is 0 Å². The van der Waals surface area contributed by atoms with Gasteiger partial charge in [0.2, 0.25) is 5.91 Å². The van der Waals surface area contributed by atoms with E-state index in [0.29, 0.717) is 65.6 Å². The van der Waals surface area contributed by atoms with Crippen molar-refractivity contribution in [1.82, 2.24) is 19.7 Å². The van der Waals surface area contributed by atoms with E-state index in [1.54, 1.807) is 6.20 Å².